The van der Waals surface area contributed by atoms with Crippen LogP contribution >= 0.6 is 11.6 Å². The summed E-state index contributed by atoms with van der Waals surface area (Å²) < 4.78 is 0. The van der Waals surface area contributed by atoms with Gasteiger partial charge >= 0.3 is 0 Å². The van der Waals surface area contributed by atoms with Crippen molar-refractivity contribution in [2.24, 2.45) is 0 Å². The van der Waals surface area contributed by atoms with Crippen molar-refractivity contribution in [2.45, 2.75) is 32.7 Å². The van der Waals surface area contributed by atoms with Crippen LogP contribution < -0.4 is 4.90 Å². The van der Waals surface area contributed by atoms with Gasteiger partial charge in [0.2, 0.25) is 0 Å². The van der Waals surface area contributed by atoms with Gasteiger partial charge in [-0.2, -0.15) is 0 Å². The lowest BCUT2D eigenvalue weighted by atomic mass is 10.1. The summed E-state index contributed by atoms with van der Waals surface area (Å²) >= 11 is 6.08. The highest BCUT2D eigenvalue weighted by Gasteiger charge is 2.22. The number of piperazine rings is 1. The number of aromatic nitrogens is 1. The molecule has 1 aliphatic rings. The van der Waals surface area contributed by atoms with E-state index in [0.29, 0.717) is 0 Å². The first kappa shape index (κ1) is 15.6. The molecule has 1 fully saturated rings. The van der Waals surface area contributed by atoms with Crippen LogP contribution in [0.3, 0.4) is 0 Å². The average molecular weight is 318 g/mol. The Morgan fingerprint density at radius 2 is 1.82 bits per heavy atom. The summed E-state index contributed by atoms with van der Waals surface area (Å²) in [6, 6.07) is 8.85. The van der Waals surface area contributed by atoms with Gasteiger partial charge in [0, 0.05) is 54.5 Å². The van der Waals surface area contributed by atoms with Crippen molar-refractivity contribution in [3.8, 4) is 0 Å². The third-order valence-corrected chi connectivity index (χ3v) is 5.03. The van der Waals surface area contributed by atoms with Crippen molar-refractivity contribution in [3.63, 3.8) is 0 Å². The molecule has 0 bridgehead atoms. The lowest BCUT2D eigenvalue weighted by molar-refractivity contribution is 0.176. The minimum absolute atomic E-state index is 0.732. The highest BCUT2D eigenvalue weighted by atomic mass is 35.5. The van der Waals surface area contributed by atoms with E-state index >= 15 is 0 Å². The van der Waals surface area contributed by atoms with Crippen LogP contribution in [0.4, 0.5) is 5.69 Å². The number of anilines is 1. The highest BCUT2D eigenvalue weighted by Crippen LogP contribution is 2.28. The molecule has 3 rings (SSSR count). The Kier molecular flexibility index (Phi) is 4.84. The number of pyridine rings is 1. The van der Waals surface area contributed by atoms with E-state index in [1.54, 1.807) is 0 Å². The molecule has 118 valence electrons. The summed E-state index contributed by atoms with van der Waals surface area (Å²) in [5.41, 5.74) is 2.26. The number of halogens is 1. The molecule has 1 aromatic heterocycles. The molecule has 0 radical (unpaired) electrons. The fraction of sp³-hybridized carbons (Fsp3) is 0.500. The fourth-order valence-electron chi connectivity index (χ4n) is 3.51. The number of fused-ring (bicyclic) bond motifs is 1. The first-order chi connectivity index (χ1) is 10.7. The SMILES string of the molecule is CCC(CC)N1CCN(c2ccnc3cc(Cl)ccc23)CC1. The molecule has 0 saturated carbocycles. The quantitative estimate of drug-likeness (QED) is 0.842. The van der Waals surface area contributed by atoms with Gasteiger partial charge in [0.05, 0.1) is 5.52 Å². The van der Waals surface area contributed by atoms with Crippen molar-refractivity contribution in [1.29, 1.82) is 0 Å². The Labute approximate surface area is 137 Å². The summed E-state index contributed by atoms with van der Waals surface area (Å²) in [7, 11) is 0. The number of rotatable bonds is 4. The Hall–Kier alpha value is -1.32. The molecule has 2 aromatic rings. The maximum absolute atomic E-state index is 6.08. The van der Waals surface area contributed by atoms with Gasteiger partial charge in [-0.3, -0.25) is 9.88 Å². The smallest absolute Gasteiger partial charge is 0.0737 e. The van der Waals surface area contributed by atoms with Crippen molar-refractivity contribution in [1.82, 2.24) is 9.88 Å². The Morgan fingerprint density at radius 1 is 1.09 bits per heavy atom. The van der Waals surface area contributed by atoms with Crippen LogP contribution in [-0.2, 0) is 0 Å². The first-order valence-electron chi connectivity index (χ1n) is 8.26. The maximum Gasteiger partial charge on any atom is 0.0737 e. The Balaban J connectivity index is 1.79. The summed E-state index contributed by atoms with van der Waals surface area (Å²) in [5, 5.41) is 1.94. The van der Waals surface area contributed by atoms with E-state index in [1.165, 1.54) is 23.9 Å². The van der Waals surface area contributed by atoms with Gasteiger partial charge in [-0.05, 0) is 37.1 Å². The van der Waals surface area contributed by atoms with Crippen LogP contribution in [0.5, 0.6) is 0 Å². The average Bonchev–Trinajstić information content (AvgIpc) is 2.56. The zero-order chi connectivity index (χ0) is 15.5. The molecular weight excluding hydrogens is 294 g/mol. The van der Waals surface area contributed by atoms with E-state index in [9.17, 15) is 0 Å². The van der Waals surface area contributed by atoms with Gasteiger partial charge in [0.25, 0.3) is 0 Å². The third-order valence-electron chi connectivity index (χ3n) is 4.80. The standard InChI is InChI=1S/C18H24ClN3/c1-3-15(4-2)21-9-11-22(12-10-21)18-7-8-20-17-13-14(19)5-6-16(17)18/h5-8,13,15H,3-4,9-12H2,1-2H3. The van der Waals surface area contributed by atoms with Crippen LogP contribution in [0.15, 0.2) is 30.5 Å². The zero-order valence-electron chi connectivity index (χ0n) is 13.4. The van der Waals surface area contributed by atoms with Crippen LogP contribution in [0, 0.1) is 0 Å². The topological polar surface area (TPSA) is 19.4 Å². The molecule has 0 N–H and O–H groups in total. The lowest BCUT2D eigenvalue weighted by Gasteiger charge is -2.40. The number of hydrogen-bond acceptors (Lipinski definition) is 3. The molecule has 0 spiro atoms. The molecular formula is C18H24ClN3. The number of nitrogens with zero attached hydrogens (tertiary/aromatic N) is 3. The monoisotopic (exact) mass is 317 g/mol. The van der Waals surface area contributed by atoms with E-state index in [1.807, 2.05) is 18.3 Å². The highest BCUT2D eigenvalue weighted by molar-refractivity contribution is 6.31. The Morgan fingerprint density at radius 3 is 2.50 bits per heavy atom. The van der Waals surface area contributed by atoms with Gasteiger partial charge in [-0.1, -0.05) is 25.4 Å². The lowest BCUT2D eigenvalue weighted by Crippen LogP contribution is -2.50. The van der Waals surface area contributed by atoms with Crippen molar-refractivity contribution in [3.05, 3.63) is 35.5 Å². The number of benzene rings is 1. The van der Waals surface area contributed by atoms with Crippen LogP contribution in [0.2, 0.25) is 5.02 Å². The molecule has 0 unspecified atom stereocenters. The van der Waals surface area contributed by atoms with Gasteiger partial charge in [0.1, 0.15) is 0 Å². The number of hydrogen-bond donors (Lipinski definition) is 0. The zero-order valence-corrected chi connectivity index (χ0v) is 14.2. The molecule has 3 nitrogen and oxygen atoms in total. The molecule has 4 heteroatoms. The predicted molar refractivity (Wildman–Crippen MR) is 94.9 cm³/mol. The van der Waals surface area contributed by atoms with Gasteiger partial charge in [-0.15, -0.1) is 0 Å². The molecule has 0 atom stereocenters. The second kappa shape index (κ2) is 6.84. The van der Waals surface area contributed by atoms with Gasteiger partial charge in [-0.25, -0.2) is 0 Å². The van der Waals surface area contributed by atoms with E-state index in [2.05, 4.69) is 40.8 Å². The largest absolute Gasteiger partial charge is 0.368 e. The molecule has 2 heterocycles. The van der Waals surface area contributed by atoms with E-state index in [-0.39, 0.29) is 0 Å². The molecule has 22 heavy (non-hydrogen) atoms. The molecule has 1 saturated heterocycles. The summed E-state index contributed by atoms with van der Waals surface area (Å²) in [6.07, 6.45) is 4.38. The molecule has 1 aromatic carbocycles. The van der Waals surface area contributed by atoms with Crippen molar-refractivity contribution in [2.75, 3.05) is 31.1 Å². The molecule has 0 amide bonds. The maximum atomic E-state index is 6.08. The second-order valence-electron chi connectivity index (χ2n) is 5.98. The van der Waals surface area contributed by atoms with Gasteiger partial charge in [0.15, 0.2) is 0 Å². The summed E-state index contributed by atoms with van der Waals surface area (Å²) in [5.74, 6) is 0. The minimum Gasteiger partial charge on any atom is -0.368 e. The molecule has 1 aliphatic heterocycles. The third kappa shape index (κ3) is 3.06. The normalized spacial score (nSPS) is 16.6. The van der Waals surface area contributed by atoms with E-state index < -0.39 is 0 Å². The van der Waals surface area contributed by atoms with E-state index in [4.69, 9.17) is 11.6 Å². The summed E-state index contributed by atoms with van der Waals surface area (Å²) in [4.78, 5) is 9.56. The van der Waals surface area contributed by atoms with Crippen LogP contribution in [0.25, 0.3) is 10.9 Å². The summed E-state index contributed by atoms with van der Waals surface area (Å²) in [6.45, 7) is 9.03. The molecule has 0 aliphatic carbocycles. The second-order valence-corrected chi connectivity index (χ2v) is 6.42. The first-order valence-corrected chi connectivity index (χ1v) is 8.64. The minimum atomic E-state index is 0.732. The van der Waals surface area contributed by atoms with E-state index in [0.717, 1.165) is 42.8 Å². The van der Waals surface area contributed by atoms with Crippen LogP contribution in [0.1, 0.15) is 26.7 Å². The van der Waals surface area contributed by atoms with Gasteiger partial charge < -0.3 is 4.90 Å². The van der Waals surface area contributed by atoms with Crippen LogP contribution in [-0.4, -0.2) is 42.1 Å². The Bertz CT molecular complexity index is 631. The predicted octanol–water partition coefficient (Wildman–Crippen LogP) is 4.20. The fourth-order valence-corrected chi connectivity index (χ4v) is 3.68. The van der Waals surface area contributed by atoms with Crippen molar-refractivity contribution < 1.29 is 0 Å². The van der Waals surface area contributed by atoms with Crippen molar-refractivity contribution >= 4 is 28.2 Å².